The molecular formula is C19H19ClFNO5. The molecule has 1 atom stereocenters. The number of aliphatic carboxylic acids is 1. The van der Waals surface area contributed by atoms with Crippen molar-refractivity contribution >= 4 is 23.5 Å². The number of para-hydroxylation sites is 1. The maximum atomic E-state index is 13.9. The molecule has 0 saturated carbocycles. The van der Waals surface area contributed by atoms with Gasteiger partial charge in [-0.25, -0.2) is 9.18 Å². The summed E-state index contributed by atoms with van der Waals surface area (Å²) in [6.07, 6.45) is -0.141. The summed E-state index contributed by atoms with van der Waals surface area (Å²) in [7, 11) is 1.30. The molecule has 0 heterocycles. The van der Waals surface area contributed by atoms with Crippen LogP contribution in [0.25, 0.3) is 0 Å². The van der Waals surface area contributed by atoms with E-state index < -0.39 is 23.7 Å². The van der Waals surface area contributed by atoms with Crippen molar-refractivity contribution < 1.29 is 28.6 Å². The summed E-state index contributed by atoms with van der Waals surface area (Å²) in [6.45, 7) is 2.15. The number of ether oxygens (including phenoxy) is 2. The van der Waals surface area contributed by atoms with Crippen LogP contribution in [-0.4, -0.2) is 30.7 Å². The lowest BCUT2D eigenvalue weighted by Crippen LogP contribution is -2.34. The molecule has 2 rings (SSSR count). The summed E-state index contributed by atoms with van der Waals surface area (Å²) in [5, 5.41) is 12.2. The molecule has 1 amide bonds. The molecule has 0 aliphatic carbocycles. The Morgan fingerprint density at radius 3 is 2.63 bits per heavy atom. The molecule has 0 bridgehead atoms. The molecule has 6 nitrogen and oxygen atoms in total. The molecule has 0 fully saturated rings. The molecule has 2 N–H and O–H groups in total. The van der Waals surface area contributed by atoms with E-state index in [4.69, 9.17) is 21.1 Å². The lowest BCUT2D eigenvalue weighted by Gasteiger charge is -2.17. The molecule has 0 spiro atoms. The zero-order valence-corrected chi connectivity index (χ0v) is 15.5. The number of halogens is 2. The fourth-order valence-electron chi connectivity index (χ4n) is 2.53. The van der Waals surface area contributed by atoms with Gasteiger partial charge in [0.25, 0.3) is 0 Å². The van der Waals surface area contributed by atoms with E-state index in [1.54, 1.807) is 25.1 Å². The van der Waals surface area contributed by atoms with Crippen molar-refractivity contribution in [1.82, 2.24) is 5.32 Å². The Hall–Kier alpha value is -2.80. The first-order valence-electron chi connectivity index (χ1n) is 8.13. The van der Waals surface area contributed by atoms with Gasteiger partial charge in [-0.3, -0.25) is 4.79 Å². The molecule has 0 aromatic heterocycles. The Labute approximate surface area is 160 Å². The quantitative estimate of drug-likeness (QED) is 0.715. The smallest absolute Gasteiger partial charge is 0.330 e. The Bertz CT molecular complexity index is 843. The topological polar surface area (TPSA) is 84.9 Å². The molecule has 0 radical (unpaired) electrons. The second-order valence-corrected chi connectivity index (χ2v) is 5.98. The fourth-order valence-corrected chi connectivity index (χ4v) is 2.78. The number of amides is 1. The summed E-state index contributed by atoms with van der Waals surface area (Å²) in [5.41, 5.74) is 0.608. The summed E-state index contributed by atoms with van der Waals surface area (Å²) >= 11 is 6.09. The van der Waals surface area contributed by atoms with E-state index >= 15 is 0 Å². The minimum Gasteiger partial charge on any atom is -0.494 e. The van der Waals surface area contributed by atoms with Crippen molar-refractivity contribution in [2.24, 2.45) is 0 Å². The summed E-state index contributed by atoms with van der Waals surface area (Å²) in [4.78, 5) is 23.9. The van der Waals surface area contributed by atoms with Crippen LogP contribution in [0.2, 0.25) is 5.02 Å². The normalized spacial score (nSPS) is 11.6. The standard InChI is InChI=1S/C19H19ClFNO5/c1-3-27-18-12(5-4-6-13(18)20)10-16(23)22-17(19(24)25)11-7-8-15(26-2)14(21)9-11/h4-9,17H,3,10H2,1-2H3,(H,22,23)(H,24,25). The van der Waals surface area contributed by atoms with Gasteiger partial charge < -0.3 is 19.9 Å². The van der Waals surface area contributed by atoms with Gasteiger partial charge in [0.15, 0.2) is 17.6 Å². The minimum atomic E-state index is -1.41. The molecular weight excluding hydrogens is 377 g/mol. The highest BCUT2D eigenvalue weighted by atomic mass is 35.5. The second-order valence-electron chi connectivity index (χ2n) is 5.57. The molecule has 8 heteroatoms. The minimum absolute atomic E-state index is 0.0190. The Kier molecular flexibility index (Phi) is 7.01. The lowest BCUT2D eigenvalue weighted by atomic mass is 10.1. The first-order valence-corrected chi connectivity index (χ1v) is 8.51. The number of carboxylic acid groups (broad SMARTS) is 1. The van der Waals surface area contributed by atoms with Crippen molar-refractivity contribution in [3.05, 3.63) is 58.4 Å². The lowest BCUT2D eigenvalue weighted by molar-refractivity contribution is -0.142. The fraction of sp³-hybridized carbons (Fsp3) is 0.263. The highest BCUT2D eigenvalue weighted by Gasteiger charge is 2.24. The average Bonchev–Trinajstić information content (AvgIpc) is 2.62. The Morgan fingerprint density at radius 1 is 1.30 bits per heavy atom. The van der Waals surface area contributed by atoms with Crippen LogP contribution in [-0.2, 0) is 16.0 Å². The number of nitrogens with one attached hydrogen (secondary N) is 1. The van der Waals surface area contributed by atoms with E-state index in [-0.39, 0.29) is 17.7 Å². The predicted octanol–water partition coefficient (Wildman–Crippen LogP) is 3.37. The van der Waals surface area contributed by atoms with Gasteiger partial charge in [-0.05, 0) is 30.7 Å². The van der Waals surface area contributed by atoms with Crippen molar-refractivity contribution in [2.75, 3.05) is 13.7 Å². The third-order valence-electron chi connectivity index (χ3n) is 3.75. The molecule has 2 aromatic rings. The number of benzene rings is 2. The molecule has 0 aliphatic heterocycles. The average molecular weight is 396 g/mol. The number of carbonyl (C=O) groups is 2. The third-order valence-corrected chi connectivity index (χ3v) is 4.05. The van der Waals surface area contributed by atoms with E-state index in [0.29, 0.717) is 22.9 Å². The van der Waals surface area contributed by atoms with Gasteiger partial charge >= 0.3 is 5.97 Å². The van der Waals surface area contributed by atoms with Crippen LogP contribution in [0.4, 0.5) is 4.39 Å². The van der Waals surface area contributed by atoms with Crippen molar-refractivity contribution in [3.8, 4) is 11.5 Å². The van der Waals surface area contributed by atoms with E-state index in [1.165, 1.54) is 19.2 Å². The van der Waals surface area contributed by atoms with Gasteiger partial charge in [-0.15, -0.1) is 0 Å². The van der Waals surface area contributed by atoms with Crippen LogP contribution in [0.15, 0.2) is 36.4 Å². The number of carbonyl (C=O) groups excluding carboxylic acids is 1. The van der Waals surface area contributed by atoms with Crippen molar-refractivity contribution in [2.45, 2.75) is 19.4 Å². The van der Waals surface area contributed by atoms with Crippen molar-refractivity contribution in [1.29, 1.82) is 0 Å². The first kappa shape index (κ1) is 20.5. The Morgan fingerprint density at radius 2 is 2.04 bits per heavy atom. The maximum Gasteiger partial charge on any atom is 0.330 e. The number of hydrogen-bond acceptors (Lipinski definition) is 4. The first-order chi connectivity index (χ1) is 12.9. The maximum absolute atomic E-state index is 13.9. The van der Waals surface area contributed by atoms with Gasteiger partial charge in [-0.2, -0.15) is 0 Å². The van der Waals surface area contributed by atoms with Crippen LogP contribution in [0.3, 0.4) is 0 Å². The number of carboxylic acids is 1. The molecule has 2 aromatic carbocycles. The van der Waals surface area contributed by atoms with Gasteiger partial charge in [0.05, 0.1) is 25.2 Å². The summed E-state index contributed by atoms with van der Waals surface area (Å²) in [6, 6.07) is 7.26. The van der Waals surface area contributed by atoms with Crippen LogP contribution in [0.5, 0.6) is 11.5 Å². The highest BCUT2D eigenvalue weighted by Crippen LogP contribution is 2.29. The molecule has 0 saturated heterocycles. The van der Waals surface area contributed by atoms with E-state index in [1.807, 2.05) is 0 Å². The van der Waals surface area contributed by atoms with Crippen LogP contribution in [0.1, 0.15) is 24.1 Å². The van der Waals surface area contributed by atoms with Gasteiger partial charge in [0, 0.05) is 5.56 Å². The summed E-state index contributed by atoms with van der Waals surface area (Å²) < 4.78 is 24.1. The van der Waals surface area contributed by atoms with Crippen LogP contribution < -0.4 is 14.8 Å². The van der Waals surface area contributed by atoms with E-state index in [2.05, 4.69) is 5.32 Å². The zero-order chi connectivity index (χ0) is 20.0. The van der Waals surface area contributed by atoms with E-state index in [0.717, 1.165) is 6.07 Å². The number of rotatable bonds is 8. The predicted molar refractivity (Wildman–Crippen MR) is 97.8 cm³/mol. The second kappa shape index (κ2) is 9.23. The van der Waals surface area contributed by atoms with Gasteiger partial charge in [0.2, 0.25) is 5.91 Å². The highest BCUT2D eigenvalue weighted by molar-refractivity contribution is 6.32. The molecule has 1 unspecified atom stereocenters. The molecule has 144 valence electrons. The third kappa shape index (κ3) is 5.10. The van der Waals surface area contributed by atoms with E-state index in [9.17, 15) is 19.1 Å². The van der Waals surface area contributed by atoms with Crippen LogP contribution >= 0.6 is 11.6 Å². The monoisotopic (exact) mass is 395 g/mol. The van der Waals surface area contributed by atoms with Crippen molar-refractivity contribution in [3.63, 3.8) is 0 Å². The zero-order valence-electron chi connectivity index (χ0n) is 14.8. The largest absolute Gasteiger partial charge is 0.494 e. The molecule has 0 aliphatic rings. The van der Waals surface area contributed by atoms with Gasteiger partial charge in [-0.1, -0.05) is 29.8 Å². The summed E-state index contributed by atoms with van der Waals surface area (Å²) in [5.74, 6) is -2.25. The number of hydrogen-bond donors (Lipinski definition) is 2. The molecule has 27 heavy (non-hydrogen) atoms. The Balaban J connectivity index is 2.20. The number of methoxy groups -OCH3 is 1. The SMILES string of the molecule is CCOc1c(Cl)cccc1CC(=O)NC(C(=O)O)c1ccc(OC)c(F)c1. The van der Waals surface area contributed by atoms with Crippen LogP contribution in [0, 0.1) is 5.82 Å². The van der Waals surface area contributed by atoms with Gasteiger partial charge in [0.1, 0.15) is 5.75 Å².